The molecule has 0 saturated heterocycles. The van der Waals surface area contributed by atoms with E-state index in [4.69, 9.17) is 11.7 Å². The highest BCUT2D eigenvalue weighted by atomic mass is 16.2. The lowest BCUT2D eigenvalue weighted by Gasteiger charge is -2.08. The fourth-order valence-corrected chi connectivity index (χ4v) is 2.56. The number of amides is 2. The van der Waals surface area contributed by atoms with E-state index in [-0.39, 0.29) is 11.8 Å². The lowest BCUT2D eigenvalue weighted by molar-refractivity contribution is 0.0946. The summed E-state index contributed by atoms with van der Waals surface area (Å²) in [6, 6.07) is 19.6. The normalized spacial score (nSPS) is 10.2. The monoisotopic (exact) mass is 347 g/mol. The molecule has 0 saturated carbocycles. The van der Waals surface area contributed by atoms with Gasteiger partial charge < -0.3 is 0 Å². The molecule has 0 fully saturated rings. The van der Waals surface area contributed by atoms with Gasteiger partial charge in [-0.15, -0.1) is 0 Å². The van der Waals surface area contributed by atoms with Crippen molar-refractivity contribution in [2.75, 3.05) is 0 Å². The zero-order chi connectivity index (χ0) is 18.5. The average Bonchev–Trinajstić information content (AvgIpc) is 2.72. The third kappa shape index (κ3) is 3.59. The molecular weight excluding hydrogens is 330 g/mol. The van der Waals surface area contributed by atoms with Crippen LogP contribution in [-0.4, -0.2) is 16.8 Å². The molecule has 0 aliphatic carbocycles. The number of carbonyl (C=O) groups is 2. The molecule has 7 heteroatoms. The minimum Gasteiger partial charge on any atom is -0.290 e. The quantitative estimate of drug-likeness (QED) is 0.324. The van der Waals surface area contributed by atoms with Crippen molar-refractivity contribution in [1.29, 1.82) is 0 Å². The maximum Gasteiger partial charge on any atom is 0.265 e. The second kappa shape index (κ2) is 7.56. The van der Waals surface area contributed by atoms with Gasteiger partial charge in [-0.25, -0.2) is 16.7 Å². The fourth-order valence-electron chi connectivity index (χ4n) is 2.56. The molecule has 3 rings (SSSR count). The number of hydrogen-bond acceptors (Lipinski definition) is 5. The van der Waals surface area contributed by atoms with E-state index in [2.05, 4.69) is 15.8 Å². The number of hydrogen-bond donors (Lipinski definition) is 4. The number of nitrogen functional groups attached to an aromatic ring is 2. The summed E-state index contributed by atoms with van der Waals surface area (Å²) >= 11 is 0. The van der Waals surface area contributed by atoms with Crippen LogP contribution in [0.3, 0.4) is 0 Å². The fraction of sp³-hybridized carbons (Fsp3) is 0. The highest BCUT2D eigenvalue weighted by molar-refractivity contribution is 5.95. The SMILES string of the molecule is NNC(=O)c1cccc(-c2cccc(-c3cccc(C(=O)NN)c3)n2)c1. The van der Waals surface area contributed by atoms with E-state index in [1.165, 1.54) is 0 Å². The van der Waals surface area contributed by atoms with Crippen LogP contribution in [0.15, 0.2) is 66.7 Å². The Morgan fingerprint density at radius 1 is 0.692 bits per heavy atom. The molecule has 0 bridgehead atoms. The largest absolute Gasteiger partial charge is 0.290 e. The Balaban J connectivity index is 1.99. The number of aromatic nitrogens is 1. The summed E-state index contributed by atoms with van der Waals surface area (Å²) in [6.07, 6.45) is 0. The van der Waals surface area contributed by atoms with Crippen molar-refractivity contribution in [2.24, 2.45) is 11.7 Å². The molecule has 2 aromatic carbocycles. The summed E-state index contributed by atoms with van der Waals surface area (Å²) < 4.78 is 0. The molecule has 0 unspecified atom stereocenters. The molecule has 0 spiro atoms. The van der Waals surface area contributed by atoms with E-state index >= 15 is 0 Å². The molecule has 0 aliphatic heterocycles. The zero-order valence-electron chi connectivity index (χ0n) is 13.8. The highest BCUT2D eigenvalue weighted by Crippen LogP contribution is 2.24. The predicted octanol–water partition coefficient (Wildman–Crippen LogP) is 1.62. The first kappa shape index (κ1) is 17.3. The van der Waals surface area contributed by atoms with E-state index in [9.17, 15) is 9.59 Å². The number of rotatable bonds is 4. The lowest BCUT2D eigenvalue weighted by Crippen LogP contribution is -2.29. The smallest absolute Gasteiger partial charge is 0.265 e. The minimum atomic E-state index is -0.372. The van der Waals surface area contributed by atoms with Crippen molar-refractivity contribution in [1.82, 2.24) is 15.8 Å². The van der Waals surface area contributed by atoms with Crippen LogP contribution in [0.2, 0.25) is 0 Å². The van der Waals surface area contributed by atoms with Crippen LogP contribution in [0.5, 0.6) is 0 Å². The van der Waals surface area contributed by atoms with Gasteiger partial charge in [-0.05, 0) is 36.4 Å². The van der Waals surface area contributed by atoms with Gasteiger partial charge in [0.1, 0.15) is 0 Å². The number of pyridine rings is 1. The van der Waals surface area contributed by atoms with Crippen LogP contribution in [0, 0.1) is 0 Å². The summed E-state index contributed by atoms with van der Waals surface area (Å²) in [5.74, 6) is 9.63. The van der Waals surface area contributed by atoms with Crippen LogP contribution in [-0.2, 0) is 0 Å². The van der Waals surface area contributed by atoms with Crippen molar-refractivity contribution in [2.45, 2.75) is 0 Å². The van der Waals surface area contributed by atoms with Gasteiger partial charge in [-0.3, -0.25) is 20.4 Å². The molecule has 0 radical (unpaired) electrons. The Bertz CT molecular complexity index is 897. The van der Waals surface area contributed by atoms with Crippen LogP contribution in [0.4, 0.5) is 0 Å². The molecule has 26 heavy (non-hydrogen) atoms. The van der Waals surface area contributed by atoms with E-state index in [0.717, 1.165) is 11.1 Å². The standard InChI is InChI=1S/C19H17N5O2/c20-23-18(25)14-6-1-4-12(10-14)16-8-3-9-17(22-16)13-5-2-7-15(11-13)19(26)24-21/h1-11H,20-21H2,(H,23,25)(H,24,26). The number of nitrogens with one attached hydrogen (secondary N) is 2. The summed E-state index contributed by atoms with van der Waals surface area (Å²) in [5.41, 5.74) is 8.07. The second-order valence-corrected chi connectivity index (χ2v) is 5.52. The van der Waals surface area contributed by atoms with Crippen LogP contribution < -0.4 is 22.5 Å². The van der Waals surface area contributed by atoms with E-state index in [0.29, 0.717) is 22.5 Å². The Morgan fingerprint density at radius 3 is 1.54 bits per heavy atom. The second-order valence-electron chi connectivity index (χ2n) is 5.52. The molecule has 130 valence electrons. The molecule has 3 aromatic rings. The Labute approximate surface area is 150 Å². The molecular formula is C19H17N5O2. The molecule has 6 N–H and O–H groups in total. The summed E-state index contributed by atoms with van der Waals surface area (Å²) in [6.45, 7) is 0. The summed E-state index contributed by atoms with van der Waals surface area (Å²) in [5, 5.41) is 0. The predicted molar refractivity (Wildman–Crippen MR) is 98.4 cm³/mol. The van der Waals surface area contributed by atoms with E-state index in [1.54, 1.807) is 36.4 Å². The van der Waals surface area contributed by atoms with Gasteiger partial charge in [0.05, 0.1) is 11.4 Å². The van der Waals surface area contributed by atoms with Gasteiger partial charge in [-0.2, -0.15) is 0 Å². The van der Waals surface area contributed by atoms with Gasteiger partial charge in [0.2, 0.25) is 0 Å². The summed E-state index contributed by atoms with van der Waals surface area (Å²) in [4.78, 5) is 28.1. The van der Waals surface area contributed by atoms with Gasteiger partial charge in [0, 0.05) is 22.3 Å². The van der Waals surface area contributed by atoms with Crippen LogP contribution >= 0.6 is 0 Å². The van der Waals surface area contributed by atoms with Gasteiger partial charge in [-0.1, -0.05) is 30.3 Å². The van der Waals surface area contributed by atoms with Crippen molar-refractivity contribution in [3.8, 4) is 22.5 Å². The van der Waals surface area contributed by atoms with Crippen molar-refractivity contribution < 1.29 is 9.59 Å². The lowest BCUT2D eigenvalue weighted by atomic mass is 10.0. The van der Waals surface area contributed by atoms with Crippen LogP contribution in [0.25, 0.3) is 22.5 Å². The van der Waals surface area contributed by atoms with Crippen molar-refractivity contribution in [3.05, 3.63) is 77.9 Å². The first-order chi connectivity index (χ1) is 12.6. The Morgan fingerprint density at radius 2 is 1.12 bits per heavy atom. The number of nitrogens with two attached hydrogens (primary N) is 2. The van der Waals surface area contributed by atoms with Gasteiger partial charge in [0.25, 0.3) is 11.8 Å². The zero-order valence-corrected chi connectivity index (χ0v) is 13.8. The highest BCUT2D eigenvalue weighted by Gasteiger charge is 2.09. The molecule has 2 amide bonds. The maximum absolute atomic E-state index is 11.7. The Hall–Kier alpha value is -3.55. The van der Waals surface area contributed by atoms with Crippen molar-refractivity contribution in [3.63, 3.8) is 0 Å². The van der Waals surface area contributed by atoms with Crippen LogP contribution in [0.1, 0.15) is 20.7 Å². The topological polar surface area (TPSA) is 123 Å². The minimum absolute atomic E-state index is 0.372. The third-order valence-corrected chi connectivity index (χ3v) is 3.85. The molecule has 7 nitrogen and oxygen atoms in total. The van der Waals surface area contributed by atoms with E-state index in [1.807, 2.05) is 30.3 Å². The number of hydrazine groups is 2. The molecule has 1 heterocycles. The Kier molecular flexibility index (Phi) is 5.02. The summed E-state index contributed by atoms with van der Waals surface area (Å²) in [7, 11) is 0. The molecule has 1 aromatic heterocycles. The van der Waals surface area contributed by atoms with Crippen molar-refractivity contribution >= 4 is 11.8 Å². The van der Waals surface area contributed by atoms with E-state index < -0.39 is 0 Å². The van der Waals surface area contributed by atoms with Gasteiger partial charge >= 0.3 is 0 Å². The number of nitrogens with zero attached hydrogens (tertiary/aromatic N) is 1. The first-order valence-electron chi connectivity index (χ1n) is 7.82. The molecule has 0 aliphatic rings. The maximum atomic E-state index is 11.7. The number of carbonyl (C=O) groups excluding carboxylic acids is 2. The first-order valence-corrected chi connectivity index (χ1v) is 7.82. The van der Waals surface area contributed by atoms with Gasteiger partial charge in [0.15, 0.2) is 0 Å². The average molecular weight is 347 g/mol. The molecule has 0 atom stereocenters. The number of benzene rings is 2. The third-order valence-electron chi connectivity index (χ3n) is 3.85.